The number of benzene rings is 1. The van der Waals surface area contributed by atoms with Crippen LogP contribution in [-0.2, 0) is 19.0 Å². The molecule has 0 atom stereocenters. The molecule has 0 spiro atoms. The van der Waals surface area contributed by atoms with E-state index in [2.05, 4.69) is 21.0 Å². The standard InChI is InChI=1S/C14H15BrCl2N2O/c1-3-19-12(14(17)9(2)18-19)8-20-13-5-4-11(15)6-10(13)7-16/h4-6H,3,7-8H2,1-2H3. The third-order valence-electron chi connectivity index (χ3n) is 2.98. The molecule has 3 nitrogen and oxygen atoms in total. The molecule has 0 N–H and O–H groups in total. The second-order valence-electron chi connectivity index (χ2n) is 4.34. The SMILES string of the molecule is CCn1nc(C)c(Cl)c1COc1ccc(Br)cc1CCl. The number of halogens is 3. The highest BCUT2D eigenvalue weighted by molar-refractivity contribution is 9.10. The molecule has 1 heterocycles. The summed E-state index contributed by atoms with van der Waals surface area (Å²) in [5.74, 6) is 1.16. The highest BCUT2D eigenvalue weighted by Crippen LogP contribution is 2.27. The maximum Gasteiger partial charge on any atom is 0.131 e. The summed E-state index contributed by atoms with van der Waals surface area (Å²) in [5, 5.41) is 5.03. The molecule has 1 aromatic carbocycles. The Hall–Kier alpha value is -0.710. The summed E-state index contributed by atoms with van der Waals surface area (Å²) >= 11 is 15.6. The van der Waals surface area contributed by atoms with Crippen LogP contribution in [0.15, 0.2) is 22.7 Å². The molecule has 0 fully saturated rings. The van der Waals surface area contributed by atoms with E-state index in [0.29, 0.717) is 17.5 Å². The topological polar surface area (TPSA) is 27.1 Å². The number of hydrogen-bond acceptors (Lipinski definition) is 2. The third kappa shape index (κ3) is 3.30. The Morgan fingerprint density at radius 2 is 2.15 bits per heavy atom. The first-order valence-corrected chi connectivity index (χ1v) is 7.96. The van der Waals surface area contributed by atoms with E-state index in [9.17, 15) is 0 Å². The van der Waals surface area contributed by atoms with Gasteiger partial charge in [-0.25, -0.2) is 0 Å². The summed E-state index contributed by atoms with van der Waals surface area (Å²) in [6, 6.07) is 5.77. The lowest BCUT2D eigenvalue weighted by atomic mass is 10.2. The van der Waals surface area contributed by atoms with E-state index in [1.165, 1.54) is 0 Å². The molecule has 0 radical (unpaired) electrons. The van der Waals surface area contributed by atoms with Crippen molar-refractivity contribution in [2.24, 2.45) is 0 Å². The molecule has 0 aliphatic carbocycles. The Kier molecular flexibility index (Phi) is 5.35. The zero-order chi connectivity index (χ0) is 14.7. The van der Waals surface area contributed by atoms with Gasteiger partial charge in [0.15, 0.2) is 0 Å². The molecule has 2 aromatic rings. The molecule has 20 heavy (non-hydrogen) atoms. The molecule has 0 aliphatic rings. The van der Waals surface area contributed by atoms with Crippen molar-refractivity contribution in [3.8, 4) is 5.75 Å². The van der Waals surface area contributed by atoms with Gasteiger partial charge in [0.1, 0.15) is 12.4 Å². The highest BCUT2D eigenvalue weighted by Gasteiger charge is 2.14. The van der Waals surface area contributed by atoms with Crippen molar-refractivity contribution in [1.29, 1.82) is 0 Å². The van der Waals surface area contributed by atoms with Crippen LogP contribution in [0.2, 0.25) is 5.02 Å². The number of aromatic nitrogens is 2. The quantitative estimate of drug-likeness (QED) is 0.689. The van der Waals surface area contributed by atoms with Crippen LogP contribution >= 0.6 is 39.1 Å². The minimum Gasteiger partial charge on any atom is -0.487 e. The lowest BCUT2D eigenvalue weighted by Crippen LogP contribution is -2.07. The third-order valence-corrected chi connectivity index (χ3v) is 4.26. The number of nitrogens with zero attached hydrogens (tertiary/aromatic N) is 2. The van der Waals surface area contributed by atoms with Crippen LogP contribution in [0.1, 0.15) is 23.9 Å². The van der Waals surface area contributed by atoms with Gasteiger partial charge in [0.2, 0.25) is 0 Å². The van der Waals surface area contributed by atoms with Crippen molar-refractivity contribution >= 4 is 39.1 Å². The van der Waals surface area contributed by atoms with Gasteiger partial charge in [0.05, 0.1) is 22.3 Å². The van der Waals surface area contributed by atoms with Crippen LogP contribution in [-0.4, -0.2) is 9.78 Å². The minimum absolute atomic E-state index is 0.374. The Morgan fingerprint density at radius 3 is 2.80 bits per heavy atom. The molecule has 0 bridgehead atoms. The Balaban J connectivity index is 2.21. The van der Waals surface area contributed by atoms with Crippen molar-refractivity contribution in [3.63, 3.8) is 0 Å². The molecule has 0 amide bonds. The molecular weight excluding hydrogens is 363 g/mol. The second-order valence-corrected chi connectivity index (χ2v) is 5.90. The first-order valence-electron chi connectivity index (χ1n) is 6.25. The smallest absolute Gasteiger partial charge is 0.131 e. The first kappa shape index (κ1) is 15.7. The molecule has 108 valence electrons. The maximum atomic E-state index is 6.26. The number of rotatable bonds is 5. The van der Waals surface area contributed by atoms with Gasteiger partial charge in [-0.3, -0.25) is 4.68 Å². The lowest BCUT2D eigenvalue weighted by Gasteiger charge is -2.11. The van der Waals surface area contributed by atoms with Crippen molar-refractivity contribution in [3.05, 3.63) is 44.6 Å². The number of ether oxygens (including phenoxy) is 1. The Morgan fingerprint density at radius 1 is 1.40 bits per heavy atom. The van der Waals surface area contributed by atoms with Crippen molar-refractivity contribution in [2.75, 3.05) is 0 Å². The summed E-state index contributed by atoms with van der Waals surface area (Å²) in [6.45, 7) is 5.05. The van der Waals surface area contributed by atoms with Gasteiger partial charge < -0.3 is 4.74 Å². The van der Waals surface area contributed by atoms with Crippen LogP contribution in [0.25, 0.3) is 0 Å². The van der Waals surface area contributed by atoms with Crippen molar-refractivity contribution < 1.29 is 4.74 Å². The first-order chi connectivity index (χ1) is 9.56. The number of hydrogen-bond donors (Lipinski definition) is 0. The van der Waals surface area contributed by atoms with Gasteiger partial charge in [0, 0.05) is 16.6 Å². The van der Waals surface area contributed by atoms with Crippen LogP contribution in [0.5, 0.6) is 5.75 Å². The molecule has 0 aliphatic heterocycles. The molecular formula is C14H15BrCl2N2O. The number of aryl methyl sites for hydroxylation is 2. The van der Waals surface area contributed by atoms with E-state index in [4.69, 9.17) is 27.9 Å². The fraction of sp³-hybridized carbons (Fsp3) is 0.357. The van der Waals surface area contributed by atoms with E-state index in [1.807, 2.05) is 36.7 Å². The second kappa shape index (κ2) is 6.83. The van der Waals surface area contributed by atoms with Crippen LogP contribution in [0, 0.1) is 6.92 Å². The zero-order valence-electron chi connectivity index (χ0n) is 11.3. The van der Waals surface area contributed by atoms with Crippen LogP contribution in [0.4, 0.5) is 0 Å². The van der Waals surface area contributed by atoms with Crippen molar-refractivity contribution in [2.45, 2.75) is 32.9 Å². The zero-order valence-corrected chi connectivity index (χ0v) is 14.4. The van der Waals surface area contributed by atoms with E-state index >= 15 is 0 Å². The van der Waals surface area contributed by atoms with Gasteiger partial charge in [-0.15, -0.1) is 11.6 Å². The maximum absolute atomic E-state index is 6.26. The predicted octanol–water partition coefficient (Wildman–Crippen LogP) is 4.95. The van der Waals surface area contributed by atoms with E-state index in [1.54, 1.807) is 0 Å². The fourth-order valence-corrected chi connectivity index (χ4v) is 2.75. The summed E-state index contributed by atoms with van der Waals surface area (Å²) in [5.41, 5.74) is 2.65. The number of alkyl halides is 1. The summed E-state index contributed by atoms with van der Waals surface area (Å²) in [6.07, 6.45) is 0. The van der Waals surface area contributed by atoms with Gasteiger partial charge in [-0.1, -0.05) is 27.5 Å². The van der Waals surface area contributed by atoms with Gasteiger partial charge in [0.25, 0.3) is 0 Å². The van der Waals surface area contributed by atoms with E-state index in [0.717, 1.165) is 33.7 Å². The minimum atomic E-state index is 0.374. The summed E-state index contributed by atoms with van der Waals surface area (Å²) in [4.78, 5) is 0. The van der Waals surface area contributed by atoms with E-state index in [-0.39, 0.29) is 0 Å². The molecule has 0 saturated heterocycles. The van der Waals surface area contributed by atoms with Crippen LogP contribution in [0.3, 0.4) is 0 Å². The average molecular weight is 378 g/mol. The molecule has 0 saturated carbocycles. The lowest BCUT2D eigenvalue weighted by molar-refractivity contribution is 0.290. The monoisotopic (exact) mass is 376 g/mol. The fourth-order valence-electron chi connectivity index (χ4n) is 1.95. The molecule has 1 aromatic heterocycles. The average Bonchev–Trinajstić information content (AvgIpc) is 2.72. The molecule has 0 unspecified atom stereocenters. The molecule has 2 rings (SSSR count). The van der Waals surface area contributed by atoms with Gasteiger partial charge in [-0.05, 0) is 32.0 Å². The predicted molar refractivity (Wildman–Crippen MR) is 85.7 cm³/mol. The van der Waals surface area contributed by atoms with Crippen LogP contribution < -0.4 is 4.74 Å². The Labute approximate surface area is 137 Å². The normalized spacial score (nSPS) is 10.8. The van der Waals surface area contributed by atoms with Gasteiger partial charge >= 0.3 is 0 Å². The summed E-state index contributed by atoms with van der Waals surface area (Å²) < 4.78 is 8.69. The highest BCUT2D eigenvalue weighted by atomic mass is 79.9. The Bertz CT molecular complexity index is 613. The van der Waals surface area contributed by atoms with Crippen molar-refractivity contribution in [1.82, 2.24) is 9.78 Å². The van der Waals surface area contributed by atoms with Gasteiger partial charge in [-0.2, -0.15) is 5.10 Å². The molecule has 6 heteroatoms. The summed E-state index contributed by atoms with van der Waals surface area (Å²) in [7, 11) is 0. The van der Waals surface area contributed by atoms with E-state index < -0.39 is 0 Å². The largest absolute Gasteiger partial charge is 0.487 e.